The predicted molar refractivity (Wildman–Crippen MR) is 244 cm³/mol. The van der Waals surface area contributed by atoms with Gasteiger partial charge in [-0.15, -0.1) is 0 Å². The van der Waals surface area contributed by atoms with Crippen molar-refractivity contribution in [1.29, 1.82) is 0 Å². The predicted octanol–water partition coefficient (Wildman–Crippen LogP) is 14.4. The highest BCUT2D eigenvalue weighted by molar-refractivity contribution is 6.46. The number of carbonyl (C=O) groups excluding carboxylic acids is 2. The normalized spacial score (nSPS) is 13.5. The van der Waals surface area contributed by atoms with Gasteiger partial charge < -0.3 is 0 Å². The Labute approximate surface area is 337 Å². The number of nitrogens with zero attached hydrogens (tertiary/aromatic N) is 1. The molecular formula is C56H29NO2. The molecule has 0 aromatic heterocycles. The summed E-state index contributed by atoms with van der Waals surface area (Å²) in [5.74, 6) is -0.577. The van der Waals surface area contributed by atoms with Gasteiger partial charge in [-0.1, -0.05) is 152 Å². The lowest BCUT2D eigenvalue weighted by molar-refractivity contribution is 0.0893. The summed E-state index contributed by atoms with van der Waals surface area (Å²) in [6, 6.07) is 62.0. The number of anilines is 1. The molecular weight excluding hydrogens is 719 g/mol. The van der Waals surface area contributed by atoms with Gasteiger partial charge in [0.15, 0.2) is 0 Å². The molecule has 1 heterocycles. The van der Waals surface area contributed by atoms with E-state index in [2.05, 4.69) is 133 Å². The molecule has 0 saturated heterocycles. The van der Waals surface area contributed by atoms with Crippen LogP contribution in [0, 0.1) is 0 Å². The molecule has 0 saturated carbocycles. The van der Waals surface area contributed by atoms with Crippen LogP contribution in [-0.4, -0.2) is 11.8 Å². The fourth-order valence-electron chi connectivity index (χ4n) is 11.1. The zero-order valence-corrected chi connectivity index (χ0v) is 31.5. The van der Waals surface area contributed by atoms with Crippen LogP contribution in [0.4, 0.5) is 5.69 Å². The highest BCUT2D eigenvalue weighted by Gasteiger charge is 2.36. The van der Waals surface area contributed by atoms with Gasteiger partial charge in [0.05, 0.1) is 5.69 Å². The first-order valence-corrected chi connectivity index (χ1v) is 20.2. The largest absolute Gasteiger partial charge is 0.268 e. The fraction of sp³-hybridized carbons (Fsp3) is 0. The van der Waals surface area contributed by atoms with Gasteiger partial charge in [-0.3, -0.25) is 9.59 Å². The average Bonchev–Trinajstić information content (AvgIpc) is 3.64. The highest BCUT2D eigenvalue weighted by Crippen LogP contribution is 2.58. The van der Waals surface area contributed by atoms with Gasteiger partial charge in [0.1, 0.15) is 0 Å². The Morgan fingerprint density at radius 2 is 0.542 bits per heavy atom. The second kappa shape index (κ2) is 10.9. The first-order valence-electron chi connectivity index (χ1n) is 20.2. The fourth-order valence-corrected chi connectivity index (χ4v) is 11.1. The molecule has 0 N–H and O–H groups in total. The summed E-state index contributed by atoms with van der Waals surface area (Å²) in [6.45, 7) is 0. The zero-order valence-electron chi connectivity index (χ0n) is 31.5. The van der Waals surface area contributed by atoms with Gasteiger partial charge in [-0.2, -0.15) is 0 Å². The Morgan fingerprint density at radius 3 is 0.932 bits per heavy atom. The lowest BCUT2D eigenvalue weighted by Gasteiger charge is -2.28. The van der Waals surface area contributed by atoms with Crippen molar-refractivity contribution in [3.05, 3.63) is 187 Å². The summed E-state index contributed by atoms with van der Waals surface area (Å²) in [5.41, 5.74) is 11.8. The lowest BCUT2D eigenvalue weighted by atomic mass is 9.81. The minimum atomic E-state index is -0.289. The molecule has 59 heavy (non-hydrogen) atoms. The van der Waals surface area contributed by atoms with Crippen molar-refractivity contribution in [3.8, 4) is 44.5 Å². The average molecular weight is 748 g/mol. The molecule has 270 valence electrons. The minimum absolute atomic E-state index is 0.289. The summed E-state index contributed by atoms with van der Waals surface area (Å²) in [4.78, 5) is 29.6. The van der Waals surface area contributed by atoms with Crippen LogP contribution >= 0.6 is 0 Å². The number of imide groups is 1. The number of hydrogen-bond acceptors (Lipinski definition) is 2. The van der Waals surface area contributed by atoms with Gasteiger partial charge in [-0.25, -0.2) is 4.90 Å². The molecule has 0 radical (unpaired) electrons. The van der Waals surface area contributed by atoms with Gasteiger partial charge >= 0.3 is 0 Å². The monoisotopic (exact) mass is 747 g/mol. The van der Waals surface area contributed by atoms with Gasteiger partial charge in [0.2, 0.25) is 0 Å². The van der Waals surface area contributed by atoms with E-state index in [1.165, 1.54) is 92.5 Å². The second-order valence-electron chi connectivity index (χ2n) is 16.1. The van der Waals surface area contributed by atoms with Crippen LogP contribution in [-0.2, 0) is 0 Å². The van der Waals surface area contributed by atoms with E-state index in [4.69, 9.17) is 0 Å². The van der Waals surface area contributed by atoms with E-state index in [0.717, 1.165) is 32.3 Å². The number of amides is 2. The van der Waals surface area contributed by atoms with Gasteiger partial charge in [-0.05, 0) is 139 Å². The molecule has 3 nitrogen and oxygen atoms in total. The summed E-state index contributed by atoms with van der Waals surface area (Å²) in [7, 11) is 0. The van der Waals surface area contributed by atoms with E-state index < -0.39 is 0 Å². The Hall–Kier alpha value is -7.88. The van der Waals surface area contributed by atoms with Crippen molar-refractivity contribution in [2.75, 3.05) is 4.90 Å². The number of rotatable bonds is 3. The van der Waals surface area contributed by atoms with E-state index in [0.29, 0.717) is 16.8 Å². The summed E-state index contributed by atoms with van der Waals surface area (Å²) in [5, 5.41) is 16.2. The first-order chi connectivity index (χ1) is 29.2. The molecule has 0 bridgehead atoms. The van der Waals surface area contributed by atoms with Crippen LogP contribution in [0.2, 0.25) is 0 Å². The Balaban J connectivity index is 1.06. The van der Waals surface area contributed by atoms with Gasteiger partial charge in [0, 0.05) is 16.5 Å². The zero-order chi connectivity index (χ0) is 38.7. The number of fused-ring (bicyclic) bond motifs is 7. The molecule has 12 aromatic rings. The molecule has 0 spiro atoms. The van der Waals surface area contributed by atoms with Crippen molar-refractivity contribution in [3.63, 3.8) is 0 Å². The molecule has 1 aliphatic carbocycles. The molecule has 3 heteroatoms. The maximum atomic E-state index is 14.1. The SMILES string of the molecule is O=C1c2ccc3c4ccc5c6ccc7c8c(ccc(c9ccc(c%10ccc(c2c3%10)C(=O)N1c1ccccc1)c4c59)c86)-c1c(-c2ccccc2)ccc(-c2ccccc2)c1-7. The van der Waals surface area contributed by atoms with E-state index >= 15 is 0 Å². The molecule has 2 aliphatic rings. The maximum Gasteiger partial charge on any atom is 0.265 e. The molecule has 0 fully saturated rings. The van der Waals surface area contributed by atoms with Gasteiger partial charge in [0.25, 0.3) is 11.8 Å². The summed E-state index contributed by atoms with van der Waals surface area (Å²) >= 11 is 0. The third kappa shape index (κ3) is 3.78. The van der Waals surface area contributed by atoms with Crippen LogP contribution in [0.25, 0.3) is 120 Å². The van der Waals surface area contributed by atoms with Crippen molar-refractivity contribution in [2.45, 2.75) is 0 Å². The van der Waals surface area contributed by atoms with Crippen LogP contribution in [0.15, 0.2) is 176 Å². The maximum absolute atomic E-state index is 14.1. The Bertz CT molecular complexity index is 3630. The first kappa shape index (κ1) is 31.2. The van der Waals surface area contributed by atoms with E-state index in [9.17, 15) is 9.59 Å². The molecule has 14 rings (SSSR count). The Kier molecular flexibility index (Phi) is 5.79. The van der Waals surface area contributed by atoms with Crippen LogP contribution in [0.3, 0.4) is 0 Å². The minimum Gasteiger partial charge on any atom is -0.268 e. The smallest absolute Gasteiger partial charge is 0.265 e. The lowest BCUT2D eigenvalue weighted by Crippen LogP contribution is -2.40. The van der Waals surface area contributed by atoms with Crippen LogP contribution in [0.1, 0.15) is 20.7 Å². The van der Waals surface area contributed by atoms with Crippen molar-refractivity contribution < 1.29 is 9.59 Å². The summed E-state index contributed by atoms with van der Waals surface area (Å²) in [6.07, 6.45) is 0. The van der Waals surface area contributed by atoms with E-state index in [1.54, 1.807) is 0 Å². The standard InChI is InChI=1S/C56H29NO2/c58-55-45-28-24-41-37-20-18-35-39-22-26-43-47-33(30-10-4-1-5-11-30)16-17-34(31-12-6-2-7-13-31)48(47)44-27-23-40(51(39)53(43)44)36-19-21-38(50(37)49(35)36)42-25-29-46(54(45)52(41)42)56(59)57(55)32-14-8-3-9-15-32/h1-29H. The molecule has 12 aromatic carbocycles. The van der Waals surface area contributed by atoms with Crippen molar-refractivity contribution >= 4 is 92.9 Å². The van der Waals surface area contributed by atoms with Crippen LogP contribution < -0.4 is 4.90 Å². The molecule has 2 amide bonds. The molecule has 0 unspecified atom stereocenters. The van der Waals surface area contributed by atoms with Crippen molar-refractivity contribution in [2.24, 2.45) is 0 Å². The number of carbonyl (C=O) groups is 2. The van der Waals surface area contributed by atoms with E-state index in [1.807, 2.05) is 42.5 Å². The number of para-hydroxylation sites is 1. The second-order valence-corrected chi connectivity index (χ2v) is 16.1. The molecule has 0 atom stereocenters. The third-order valence-corrected chi connectivity index (χ3v) is 13.4. The quantitative estimate of drug-likeness (QED) is 0.103. The topological polar surface area (TPSA) is 37.4 Å². The van der Waals surface area contributed by atoms with Crippen LogP contribution in [0.5, 0.6) is 0 Å². The highest BCUT2D eigenvalue weighted by atomic mass is 16.2. The Morgan fingerprint density at radius 1 is 0.254 bits per heavy atom. The number of benzene rings is 12. The third-order valence-electron chi connectivity index (χ3n) is 13.4. The number of hydrogen-bond donors (Lipinski definition) is 0. The van der Waals surface area contributed by atoms with E-state index in [-0.39, 0.29) is 11.8 Å². The molecule has 1 aliphatic heterocycles. The summed E-state index contributed by atoms with van der Waals surface area (Å²) < 4.78 is 0. The van der Waals surface area contributed by atoms with Crippen molar-refractivity contribution in [1.82, 2.24) is 0 Å².